The molecular formula is C11H11Br2NOS. The molecule has 1 aromatic rings. The van der Waals surface area contributed by atoms with Crippen LogP contribution in [0.2, 0.25) is 0 Å². The van der Waals surface area contributed by atoms with E-state index in [1.807, 2.05) is 23.1 Å². The van der Waals surface area contributed by atoms with Crippen molar-refractivity contribution in [1.82, 2.24) is 4.90 Å². The van der Waals surface area contributed by atoms with Crippen molar-refractivity contribution in [3.8, 4) is 0 Å². The first kappa shape index (κ1) is 12.5. The van der Waals surface area contributed by atoms with Gasteiger partial charge in [-0.3, -0.25) is 4.79 Å². The van der Waals surface area contributed by atoms with Crippen LogP contribution in [0, 0.1) is 0 Å². The summed E-state index contributed by atoms with van der Waals surface area (Å²) >= 11 is 11.3. The van der Waals surface area contributed by atoms with E-state index >= 15 is 0 Å². The van der Waals surface area contributed by atoms with Gasteiger partial charge in [0.05, 0.1) is 0 Å². The Bertz CT molecular complexity index is 424. The highest BCUT2D eigenvalue weighted by Crippen LogP contribution is 2.25. The summed E-state index contributed by atoms with van der Waals surface area (Å²) in [5, 5.41) is 0.179. The van der Waals surface area contributed by atoms with Crippen molar-refractivity contribution in [3.63, 3.8) is 0 Å². The minimum absolute atomic E-state index is 0.179. The van der Waals surface area contributed by atoms with Crippen molar-refractivity contribution in [2.24, 2.45) is 0 Å². The maximum atomic E-state index is 11.6. The first-order valence-corrected chi connectivity index (χ1v) is 7.06. The second kappa shape index (κ2) is 5.10. The topological polar surface area (TPSA) is 20.3 Å². The summed E-state index contributed by atoms with van der Waals surface area (Å²) in [6.07, 6.45) is 0.550. The van der Waals surface area contributed by atoms with E-state index in [0.29, 0.717) is 13.0 Å². The van der Waals surface area contributed by atoms with Crippen LogP contribution in [-0.2, 0) is 11.3 Å². The fourth-order valence-corrected chi connectivity index (χ4v) is 2.91. The van der Waals surface area contributed by atoms with Gasteiger partial charge in [0.25, 0.3) is 0 Å². The fraction of sp³-hybridized carbons (Fsp3) is 0.364. The van der Waals surface area contributed by atoms with Gasteiger partial charge in [-0.05, 0) is 23.8 Å². The molecule has 1 saturated heterocycles. The van der Waals surface area contributed by atoms with Crippen LogP contribution >= 0.6 is 44.5 Å². The molecule has 16 heavy (non-hydrogen) atoms. The zero-order valence-electron chi connectivity index (χ0n) is 8.49. The summed E-state index contributed by atoms with van der Waals surface area (Å²) < 4.78 is 2.06. The molecule has 1 fully saturated rings. The van der Waals surface area contributed by atoms with E-state index in [-0.39, 0.29) is 11.2 Å². The molecule has 5 heteroatoms. The van der Waals surface area contributed by atoms with Crippen molar-refractivity contribution < 1.29 is 4.79 Å². The quantitative estimate of drug-likeness (QED) is 0.798. The van der Waals surface area contributed by atoms with Gasteiger partial charge >= 0.3 is 0 Å². The SMILES string of the molecule is O=C1CC(S)CN1Cc1cc(Br)ccc1Br. The Kier molecular flexibility index (Phi) is 3.97. The predicted molar refractivity (Wildman–Crippen MR) is 74.7 cm³/mol. The Morgan fingerprint density at radius 1 is 1.44 bits per heavy atom. The van der Waals surface area contributed by atoms with Crippen LogP contribution in [0.3, 0.4) is 0 Å². The van der Waals surface area contributed by atoms with E-state index in [1.54, 1.807) is 0 Å². The fourth-order valence-electron chi connectivity index (χ4n) is 1.77. The zero-order chi connectivity index (χ0) is 11.7. The van der Waals surface area contributed by atoms with Crippen molar-refractivity contribution in [2.45, 2.75) is 18.2 Å². The lowest BCUT2D eigenvalue weighted by atomic mass is 10.2. The molecule has 0 spiro atoms. The highest BCUT2D eigenvalue weighted by molar-refractivity contribution is 9.11. The van der Waals surface area contributed by atoms with Gasteiger partial charge in [0.1, 0.15) is 0 Å². The second-order valence-corrected chi connectivity index (χ2v) is 6.37. The average Bonchev–Trinajstić information content (AvgIpc) is 2.51. The summed E-state index contributed by atoms with van der Waals surface area (Å²) in [5.41, 5.74) is 1.12. The van der Waals surface area contributed by atoms with Gasteiger partial charge in [0.15, 0.2) is 0 Å². The Morgan fingerprint density at radius 3 is 2.81 bits per heavy atom. The van der Waals surface area contributed by atoms with Gasteiger partial charge in [-0.1, -0.05) is 31.9 Å². The molecule has 0 aromatic heterocycles. The average molecular weight is 365 g/mol. The molecule has 2 nitrogen and oxygen atoms in total. The van der Waals surface area contributed by atoms with Crippen LogP contribution in [0.1, 0.15) is 12.0 Å². The molecular weight excluding hydrogens is 354 g/mol. The normalized spacial score (nSPS) is 20.6. The molecule has 2 rings (SSSR count). The monoisotopic (exact) mass is 363 g/mol. The Labute approximate surface area is 117 Å². The molecule has 0 saturated carbocycles. The standard InChI is InChI=1S/C11H11Br2NOS/c12-8-1-2-10(13)7(3-8)5-14-6-9(16)4-11(14)15/h1-3,9,16H,4-6H2. The first-order chi connectivity index (χ1) is 7.56. The smallest absolute Gasteiger partial charge is 0.224 e. The molecule has 1 aliphatic rings. The van der Waals surface area contributed by atoms with Crippen LogP contribution in [0.5, 0.6) is 0 Å². The molecule has 1 unspecified atom stereocenters. The maximum absolute atomic E-state index is 11.6. The molecule has 0 aliphatic carbocycles. The number of nitrogens with zero attached hydrogens (tertiary/aromatic N) is 1. The number of likely N-dealkylation sites (tertiary alicyclic amines) is 1. The number of amides is 1. The molecule has 0 N–H and O–H groups in total. The zero-order valence-corrected chi connectivity index (χ0v) is 12.6. The third-order valence-corrected chi connectivity index (χ3v) is 4.18. The lowest BCUT2D eigenvalue weighted by molar-refractivity contribution is -0.128. The number of hydrogen-bond acceptors (Lipinski definition) is 2. The summed E-state index contributed by atoms with van der Waals surface area (Å²) in [4.78, 5) is 13.5. The third-order valence-electron chi connectivity index (χ3n) is 2.56. The molecule has 86 valence electrons. The minimum atomic E-state index is 0.179. The Morgan fingerprint density at radius 2 is 2.19 bits per heavy atom. The lowest BCUT2D eigenvalue weighted by Gasteiger charge is -2.17. The van der Waals surface area contributed by atoms with Gasteiger partial charge < -0.3 is 4.90 Å². The van der Waals surface area contributed by atoms with Crippen molar-refractivity contribution in [1.29, 1.82) is 0 Å². The maximum Gasteiger partial charge on any atom is 0.224 e. The number of hydrogen-bond donors (Lipinski definition) is 1. The largest absolute Gasteiger partial charge is 0.337 e. The molecule has 0 radical (unpaired) electrons. The predicted octanol–water partition coefficient (Wildman–Crippen LogP) is 3.24. The third kappa shape index (κ3) is 2.81. The van der Waals surface area contributed by atoms with Gasteiger partial charge in [-0.15, -0.1) is 0 Å². The minimum Gasteiger partial charge on any atom is -0.337 e. The van der Waals surface area contributed by atoms with E-state index in [4.69, 9.17) is 0 Å². The van der Waals surface area contributed by atoms with Crippen LogP contribution in [0.4, 0.5) is 0 Å². The van der Waals surface area contributed by atoms with Crippen molar-refractivity contribution in [3.05, 3.63) is 32.7 Å². The van der Waals surface area contributed by atoms with Crippen molar-refractivity contribution >= 4 is 50.4 Å². The summed E-state index contributed by atoms with van der Waals surface area (Å²) in [5.74, 6) is 0.187. The van der Waals surface area contributed by atoms with Crippen LogP contribution < -0.4 is 0 Å². The Balaban J connectivity index is 2.15. The van der Waals surface area contributed by atoms with Crippen LogP contribution in [-0.4, -0.2) is 22.6 Å². The van der Waals surface area contributed by atoms with E-state index in [0.717, 1.165) is 21.1 Å². The van der Waals surface area contributed by atoms with E-state index < -0.39 is 0 Å². The van der Waals surface area contributed by atoms with Crippen LogP contribution in [0.25, 0.3) is 0 Å². The van der Waals surface area contributed by atoms with Crippen LogP contribution in [0.15, 0.2) is 27.1 Å². The first-order valence-electron chi connectivity index (χ1n) is 4.96. The number of carbonyl (C=O) groups is 1. The van der Waals surface area contributed by atoms with E-state index in [9.17, 15) is 4.79 Å². The number of carbonyl (C=O) groups excluding carboxylic acids is 1. The summed E-state index contributed by atoms with van der Waals surface area (Å²) in [6.45, 7) is 1.39. The van der Waals surface area contributed by atoms with Gasteiger partial charge in [-0.2, -0.15) is 12.6 Å². The molecule has 1 heterocycles. The second-order valence-electron chi connectivity index (χ2n) is 3.87. The Hall–Kier alpha value is -0.000000000000000111. The molecule has 1 amide bonds. The number of benzene rings is 1. The number of rotatable bonds is 2. The highest BCUT2D eigenvalue weighted by atomic mass is 79.9. The van der Waals surface area contributed by atoms with Gasteiger partial charge in [0, 0.05) is 33.7 Å². The van der Waals surface area contributed by atoms with Crippen molar-refractivity contribution in [2.75, 3.05) is 6.54 Å². The van der Waals surface area contributed by atoms with E-state index in [2.05, 4.69) is 44.5 Å². The summed E-state index contributed by atoms with van der Waals surface area (Å²) in [7, 11) is 0. The number of thiol groups is 1. The molecule has 1 aromatic carbocycles. The number of halogens is 2. The molecule has 1 aliphatic heterocycles. The lowest BCUT2D eigenvalue weighted by Crippen LogP contribution is -2.24. The van der Waals surface area contributed by atoms with Gasteiger partial charge in [-0.25, -0.2) is 0 Å². The van der Waals surface area contributed by atoms with E-state index in [1.165, 1.54) is 0 Å². The summed E-state index contributed by atoms with van der Waals surface area (Å²) in [6, 6.07) is 5.99. The molecule has 1 atom stereocenters. The van der Waals surface area contributed by atoms with Gasteiger partial charge in [0.2, 0.25) is 5.91 Å². The molecule has 0 bridgehead atoms. The highest BCUT2D eigenvalue weighted by Gasteiger charge is 2.27.